The molecule has 4 rings (SSSR count). The zero-order valence-electron chi connectivity index (χ0n) is 20.0. The Labute approximate surface area is 209 Å². The standard InChI is InChI=1S/C24H25ClF3N5O3/c1-10(2)29-12-7-32(8-12)20-15(26)5-13-19(18(20)25)33(9-14(21(13)34)24(35)36)23-17(28)6-16(27)22(31-23)30-11(3)4/h5-6,9-12,29H,7-8H2,1-4H3,(H,30,31)(H,35,36). The fourth-order valence-corrected chi connectivity index (χ4v) is 4.65. The number of carboxylic acids is 1. The quantitative estimate of drug-likeness (QED) is 0.427. The Hall–Kier alpha value is -3.31. The number of aromatic nitrogens is 2. The van der Waals surface area contributed by atoms with E-state index in [9.17, 15) is 19.1 Å². The lowest BCUT2D eigenvalue weighted by molar-refractivity contribution is 0.0695. The molecule has 3 heterocycles. The van der Waals surface area contributed by atoms with Gasteiger partial charge in [-0.25, -0.2) is 22.9 Å². The van der Waals surface area contributed by atoms with Gasteiger partial charge in [0, 0.05) is 43.5 Å². The highest BCUT2D eigenvalue weighted by Gasteiger charge is 2.33. The van der Waals surface area contributed by atoms with Gasteiger partial charge in [-0.3, -0.25) is 9.36 Å². The van der Waals surface area contributed by atoms with E-state index in [1.54, 1.807) is 18.7 Å². The number of hydrogen-bond donors (Lipinski definition) is 3. The van der Waals surface area contributed by atoms with E-state index in [1.807, 2.05) is 13.8 Å². The summed E-state index contributed by atoms with van der Waals surface area (Å²) in [5.41, 5.74) is -1.89. The van der Waals surface area contributed by atoms with Gasteiger partial charge in [0.05, 0.1) is 21.6 Å². The molecule has 12 heteroatoms. The first-order valence-corrected chi connectivity index (χ1v) is 11.7. The number of nitrogens with one attached hydrogen (secondary N) is 2. The number of hydrogen-bond acceptors (Lipinski definition) is 6. The van der Waals surface area contributed by atoms with Gasteiger partial charge >= 0.3 is 5.97 Å². The monoisotopic (exact) mass is 523 g/mol. The van der Waals surface area contributed by atoms with Crippen molar-refractivity contribution in [1.29, 1.82) is 0 Å². The maximum Gasteiger partial charge on any atom is 0.341 e. The second kappa shape index (κ2) is 9.62. The zero-order valence-corrected chi connectivity index (χ0v) is 20.8. The van der Waals surface area contributed by atoms with Crippen molar-refractivity contribution in [2.24, 2.45) is 0 Å². The Balaban J connectivity index is 1.98. The minimum atomic E-state index is -1.61. The van der Waals surface area contributed by atoms with Gasteiger partial charge in [0.25, 0.3) is 0 Å². The average Bonchev–Trinajstić information content (AvgIpc) is 2.74. The molecule has 0 aliphatic carbocycles. The molecule has 0 amide bonds. The van der Waals surface area contributed by atoms with E-state index in [0.29, 0.717) is 19.2 Å². The smallest absolute Gasteiger partial charge is 0.341 e. The van der Waals surface area contributed by atoms with E-state index in [-0.39, 0.29) is 45.6 Å². The summed E-state index contributed by atoms with van der Waals surface area (Å²) in [5, 5.41) is 15.1. The molecular weight excluding hydrogens is 499 g/mol. The van der Waals surface area contributed by atoms with Gasteiger partial charge < -0.3 is 20.6 Å². The van der Waals surface area contributed by atoms with Crippen LogP contribution >= 0.6 is 11.6 Å². The molecule has 0 bridgehead atoms. The van der Waals surface area contributed by atoms with Crippen molar-refractivity contribution in [2.75, 3.05) is 23.3 Å². The average molecular weight is 524 g/mol. The van der Waals surface area contributed by atoms with Crippen molar-refractivity contribution in [2.45, 2.75) is 45.8 Å². The normalized spacial score (nSPS) is 14.1. The van der Waals surface area contributed by atoms with Gasteiger partial charge in [-0.05, 0) is 19.9 Å². The Morgan fingerprint density at radius 1 is 1.11 bits per heavy atom. The molecule has 0 unspecified atom stereocenters. The molecule has 1 fully saturated rings. The van der Waals surface area contributed by atoms with E-state index in [2.05, 4.69) is 15.6 Å². The van der Waals surface area contributed by atoms with E-state index in [1.165, 1.54) is 0 Å². The number of aromatic carboxylic acids is 1. The summed E-state index contributed by atoms with van der Waals surface area (Å²) >= 11 is 6.63. The molecule has 0 radical (unpaired) electrons. The molecule has 1 aromatic carbocycles. The predicted molar refractivity (Wildman–Crippen MR) is 132 cm³/mol. The van der Waals surface area contributed by atoms with Gasteiger partial charge in [0.2, 0.25) is 5.43 Å². The van der Waals surface area contributed by atoms with Crippen molar-refractivity contribution in [1.82, 2.24) is 14.9 Å². The van der Waals surface area contributed by atoms with E-state index >= 15 is 8.78 Å². The van der Waals surface area contributed by atoms with Crippen LogP contribution in [0.25, 0.3) is 16.7 Å². The van der Waals surface area contributed by atoms with Crippen LogP contribution in [0.2, 0.25) is 5.02 Å². The minimum absolute atomic E-state index is 0.00903. The fourth-order valence-electron chi connectivity index (χ4n) is 4.25. The van der Waals surface area contributed by atoms with Gasteiger partial charge in [-0.2, -0.15) is 0 Å². The Kier molecular flexibility index (Phi) is 6.89. The molecular formula is C24H25ClF3N5O3. The second-order valence-electron chi connectivity index (χ2n) is 9.31. The van der Waals surface area contributed by atoms with Crippen molar-refractivity contribution >= 4 is 40.0 Å². The first kappa shape index (κ1) is 25.8. The number of anilines is 2. The molecule has 1 aliphatic heterocycles. The van der Waals surface area contributed by atoms with Crippen LogP contribution in [0.5, 0.6) is 0 Å². The summed E-state index contributed by atoms with van der Waals surface area (Å²) in [6, 6.07) is 1.53. The van der Waals surface area contributed by atoms with Gasteiger partial charge in [0.15, 0.2) is 23.3 Å². The summed E-state index contributed by atoms with van der Waals surface area (Å²) < 4.78 is 45.6. The van der Waals surface area contributed by atoms with Crippen molar-refractivity contribution in [3.63, 3.8) is 0 Å². The van der Waals surface area contributed by atoms with Crippen LogP contribution in [-0.4, -0.2) is 51.8 Å². The van der Waals surface area contributed by atoms with E-state index < -0.39 is 40.2 Å². The van der Waals surface area contributed by atoms with Crippen LogP contribution in [0.4, 0.5) is 24.7 Å². The number of carbonyl (C=O) groups is 1. The zero-order chi connectivity index (χ0) is 26.5. The number of rotatable bonds is 7. The Bertz CT molecular complexity index is 1420. The Morgan fingerprint density at radius 2 is 1.78 bits per heavy atom. The topological polar surface area (TPSA) is 99.5 Å². The molecule has 2 aromatic heterocycles. The number of halogens is 4. The summed E-state index contributed by atoms with van der Waals surface area (Å²) in [7, 11) is 0. The van der Waals surface area contributed by atoms with Crippen molar-refractivity contribution < 1.29 is 23.1 Å². The third kappa shape index (κ3) is 4.60. The highest BCUT2D eigenvalue weighted by molar-refractivity contribution is 6.38. The van der Waals surface area contributed by atoms with E-state index in [0.717, 1.165) is 16.8 Å². The van der Waals surface area contributed by atoms with Crippen LogP contribution in [-0.2, 0) is 0 Å². The predicted octanol–water partition coefficient (Wildman–Crippen LogP) is 4.16. The summed E-state index contributed by atoms with van der Waals surface area (Å²) in [6.07, 6.45) is 0.863. The highest BCUT2D eigenvalue weighted by Crippen LogP contribution is 2.38. The van der Waals surface area contributed by atoms with Crippen LogP contribution in [0.15, 0.2) is 23.1 Å². The molecule has 0 spiro atoms. The van der Waals surface area contributed by atoms with E-state index in [4.69, 9.17) is 11.6 Å². The van der Waals surface area contributed by atoms with Gasteiger partial charge in [-0.15, -0.1) is 0 Å². The summed E-state index contributed by atoms with van der Waals surface area (Å²) in [6.45, 7) is 8.28. The third-order valence-corrected chi connectivity index (χ3v) is 6.08. The van der Waals surface area contributed by atoms with Crippen molar-refractivity contribution in [3.8, 4) is 5.82 Å². The maximum atomic E-state index is 15.2. The number of benzene rings is 1. The molecule has 192 valence electrons. The van der Waals surface area contributed by atoms with Crippen LogP contribution < -0.4 is 21.0 Å². The molecule has 3 aromatic rings. The molecule has 36 heavy (non-hydrogen) atoms. The molecule has 3 N–H and O–H groups in total. The lowest BCUT2D eigenvalue weighted by atomic mass is 10.0. The molecule has 8 nitrogen and oxygen atoms in total. The van der Waals surface area contributed by atoms with Crippen LogP contribution in [0, 0.1) is 17.5 Å². The fraction of sp³-hybridized carbons (Fsp3) is 0.375. The number of carboxylic acid groups (broad SMARTS) is 1. The lowest BCUT2D eigenvalue weighted by Crippen LogP contribution is -2.59. The largest absolute Gasteiger partial charge is 0.477 e. The van der Waals surface area contributed by atoms with Gasteiger partial charge in [-0.1, -0.05) is 25.4 Å². The second-order valence-corrected chi connectivity index (χ2v) is 9.69. The molecule has 0 atom stereocenters. The van der Waals surface area contributed by atoms with Crippen LogP contribution in [0.3, 0.4) is 0 Å². The van der Waals surface area contributed by atoms with Crippen LogP contribution in [0.1, 0.15) is 38.1 Å². The number of nitrogens with zero attached hydrogens (tertiary/aromatic N) is 3. The molecule has 1 saturated heterocycles. The maximum absolute atomic E-state index is 15.2. The summed E-state index contributed by atoms with van der Waals surface area (Å²) in [4.78, 5) is 30.4. The first-order valence-electron chi connectivity index (χ1n) is 11.3. The highest BCUT2D eigenvalue weighted by atomic mass is 35.5. The SMILES string of the molecule is CC(C)Nc1nc(-n2cc(C(=O)O)c(=O)c3cc(F)c(N4CC(NC(C)C)C4)c(Cl)c32)c(F)cc1F. The minimum Gasteiger partial charge on any atom is -0.477 e. The summed E-state index contributed by atoms with van der Waals surface area (Å²) in [5.74, 6) is -5.31. The molecule has 0 saturated carbocycles. The molecule has 1 aliphatic rings. The lowest BCUT2D eigenvalue weighted by Gasteiger charge is -2.43. The number of fused-ring (bicyclic) bond motifs is 1. The Morgan fingerprint density at radius 3 is 2.36 bits per heavy atom. The third-order valence-electron chi connectivity index (χ3n) is 5.72. The first-order chi connectivity index (χ1) is 16.9. The number of pyridine rings is 2. The van der Waals surface area contributed by atoms with Gasteiger partial charge in [0.1, 0.15) is 11.4 Å². The van der Waals surface area contributed by atoms with Crippen molar-refractivity contribution in [3.05, 3.63) is 56.6 Å².